The van der Waals surface area contributed by atoms with Crippen LogP contribution in [0.3, 0.4) is 0 Å². The van der Waals surface area contributed by atoms with Crippen molar-refractivity contribution in [3.05, 3.63) is 89.5 Å². The summed E-state index contributed by atoms with van der Waals surface area (Å²) in [4.78, 5) is 30.9. The molecule has 0 unspecified atom stereocenters. The minimum absolute atomic E-state index is 0.0269. The third-order valence-corrected chi connectivity index (χ3v) is 3.92. The number of nitrogens with zero attached hydrogens (tertiary/aromatic N) is 2. The molecule has 6 nitrogen and oxygen atoms in total. The average Bonchev–Trinajstić information content (AvgIpc) is 2.65. The molecular weight excluding hydrogens is 342 g/mol. The zero-order chi connectivity index (χ0) is 19.1. The van der Waals surface area contributed by atoms with Gasteiger partial charge in [0.2, 0.25) is 5.91 Å². The van der Waals surface area contributed by atoms with Crippen molar-refractivity contribution in [2.75, 3.05) is 5.32 Å². The van der Waals surface area contributed by atoms with Crippen LogP contribution in [0.4, 0.5) is 5.69 Å². The summed E-state index contributed by atoms with van der Waals surface area (Å²) in [6, 6.07) is 17.9. The molecule has 1 aromatic heterocycles. The third-order valence-electron chi connectivity index (χ3n) is 3.92. The Morgan fingerprint density at radius 2 is 1.44 bits per heavy atom. The zero-order valence-corrected chi connectivity index (χ0v) is 14.6. The Hall–Kier alpha value is -3.54. The molecule has 0 aliphatic heterocycles. The van der Waals surface area contributed by atoms with E-state index in [0.29, 0.717) is 17.1 Å². The first kappa shape index (κ1) is 18.3. The predicted octanol–water partition coefficient (Wildman–Crippen LogP) is 2.88. The Morgan fingerprint density at radius 3 is 2.07 bits per heavy atom. The molecule has 0 radical (unpaired) electrons. The Bertz CT molecular complexity index is 908. The fourth-order valence-electron chi connectivity index (χ4n) is 2.62. The number of rotatable bonds is 7. The highest BCUT2D eigenvalue weighted by atomic mass is 16.4. The van der Waals surface area contributed by atoms with Gasteiger partial charge in [-0.25, -0.2) is 9.97 Å². The smallest absolute Gasteiger partial charge is 0.307 e. The Labute approximate surface area is 156 Å². The summed E-state index contributed by atoms with van der Waals surface area (Å²) < 4.78 is 0. The van der Waals surface area contributed by atoms with Crippen LogP contribution in [0, 0.1) is 0 Å². The largest absolute Gasteiger partial charge is 0.481 e. The third kappa shape index (κ3) is 5.74. The lowest BCUT2D eigenvalue weighted by molar-refractivity contribution is -0.136. The first-order chi connectivity index (χ1) is 13.1. The normalized spacial score (nSPS) is 10.4. The fourth-order valence-corrected chi connectivity index (χ4v) is 2.62. The van der Waals surface area contributed by atoms with Gasteiger partial charge in [-0.3, -0.25) is 9.59 Å². The lowest BCUT2D eigenvalue weighted by Crippen LogP contribution is -2.16. The molecule has 2 N–H and O–H groups in total. The van der Waals surface area contributed by atoms with Gasteiger partial charge in [-0.05, 0) is 35.2 Å². The van der Waals surface area contributed by atoms with Crippen molar-refractivity contribution in [2.45, 2.75) is 19.3 Å². The molecule has 0 saturated heterocycles. The molecule has 6 heteroatoms. The molecule has 0 bridgehead atoms. The fraction of sp³-hybridized carbons (Fsp3) is 0.143. The van der Waals surface area contributed by atoms with E-state index in [2.05, 4.69) is 27.4 Å². The van der Waals surface area contributed by atoms with Crippen molar-refractivity contribution in [1.82, 2.24) is 9.97 Å². The zero-order valence-electron chi connectivity index (χ0n) is 14.6. The van der Waals surface area contributed by atoms with Gasteiger partial charge in [0, 0.05) is 18.1 Å². The summed E-state index contributed by atoms with van der Waals surface area (Å²) in [5, 5.41) is 11.5. The summed E-state index contributed by atoms with van der Waals surface area (Å²) >= 11 is 0. The van der Waals surface area contributed by atoms with Crippen molar-refractivity contribution < 1.29 is 14.7 Å². The van der Waals surface area contributed by atoms with E-state index in [1.807, 2.05) is 42.5 Å². The van der Waals surface area contributed by atoms with E-state index in [0.717, 1.165) is 12.0 Å². The standard InChI is InChI=1S/C21H19N3O3/c25-20(12-19-22-13-17(14-23-19)11-21(26)27)24-18-8-6-16(7-9-18)10-15-4-2-1-3-5-15/h1-9,13-14H,10-12H2,(H,24,25)(H,26,27). The Balaban J connectivity index is 1.54. The van der Waals surface area contributed by atoms with Crippen molar-refractivity contribution in [3.8, 4) is 0 Å². The van der Waals surface area contributed by atoms with Gasteiger partial charge >= 0.3 is 5.97 Å². The van der Waals surface area contributed by atoms with E-state index in [4.69, 9.17) is 5.11 Å². The van der Waals surface area contributed by atoms with Gasteiger partial charge < -0.3 is 10.4 Å². The molecule has 1 amide bonds. The highest BCUT2D eigenvalue weighted by Gasteiger charge is 2.08. The molecule has 136 valence electrons. The van der Waals surface area contributed by atoms with E-state index in [1.165, 1.54) is 18.0 Å². The second-order valence-corrected chi connectivity index (χ2v) is 6.16. The number of amides is 1. The average molecular weight is 361 g/mol. The lowest BCUT2D eigenvalue weighted by Gasteiger charge is -2.07. The van der Waals surface area contributed by atoms with E-state index in [-0.39, 0.29) is 18.7 Å². The topological polar surface area (TPSA) is 92.2 Å². The van der Waals surface area contributed by atoms with Crippen molar-refractivity contribution in [1.29, 1.82) is 0 Å². The second kappa shape index (κ2) is 8.71. The molecule has 0 fully saturated rings. The number of hydrogen-bond donors (Lipinski definition) is 2. The molecule has 0 spiro atoms. The maximum atomic E-state index is 12.1. The van der Waals surface area contributed by atoms with Crippen molar-refractivity contribution >= 4 is 17.6 Å². The number of carbonyl (C=O) groups excluding carboxylic acids is 1. The van der Waals surface area contributed by atoms with Crippen LogP contribution in [0.25, 0.3) is 0 Å². The molecule has 2 aromatic carbocycles. The number of aliphatic carboxylic acids is 1. The highest BCUT2D eigenvalue weighted by molar-refractivity contribution is 5.91. The van der Waals surface area contributed by atoms with Crippen LogP contribution in [0.15, 0.2) is 67.0 Å². The van der Waals surface area contributed by atoms with Crippen LogP contribution in [-0.2, 0) is 28.9 Å². The highest BCUT2D eigenvalue weighted by Crippen LogP contribution is 2.14. The van der Waals surface area contributed by atoms with Crippen LogP contribution < -0.4 is 5.32 Å². The molecule has 3 aromatic rings. The molecular formula is C21H19N3O3. The first-order valence-corrected chi connectivity index (χ1v) is 8.53. The number of nitrogens with one attached hydrogen (secondary N) is 1. The van der Waals surface area contributed by atoms with E-state index >= 15 is 0 Å². The summed E-state index contributed by atoms with van der Waals surface area (Å²) in [5.41, 5.74) is 3.61. The van der Waals surface area contributed by atoms with Crippen LogP contribution in [0.5, 0.6) is 0 Å². The van der Waals surface area contributed by atoms with Crippen molar-refractivity contribution in [2.24, 2.45) is 0 Å². The van der Waals surface area contributed by atoms with Gasteiger partial charge in [-0.2, -0.15) is 0 Å². The molecule has 0 atom stereocenters. The number of aromatic nitrogens is 2. The number of hydrogen-bond acceptors (Lipinski definition) is 4. The first-order valence-electron chi connectivity index (χ1n) is 8.53. The number of carbonyl (C=O) groups is 2. The number of benzene rings is 2. The maximum Gasteiger partial charge on any atom is 0.307 e. The van der Waals surface area contributed by atoms with Gasteiger partial charge in [0.25, 0.3) is 0 Å². The maximum absolute atomic E-state index is 12.1. The molecule has 0 aliphatic carbocycles. The summed E-state index contributed by atoms with van der Waals surface area (Å²) in [5.74, 6) is -0.820. The van der Waals surface area contributed by atoms with Crippen LogP contribution in [0.1, 0.15) is 22.5 Å². The van der Waals surface area contributed by atoms with Gasteiger partial charge in [0.1, 0.15) is 5.82 Å². The lowest BCUT2D eigenvalue weighted by atomic mass is 10.0. The van der Waals surface area contributed by atoms with Crippen LogP contribution in [0.2, 0.25) is 0 Å². The van der Waals surface area contributed by atoms with Crippen LogP contribution >= 0.6 is 0 Å². The molecule has 3 rings (SSSR count). The van der Waals surface area contributed by atoms with E-state index in [9.17, 15) is 9.59 Å². The summed E-state index contributed by atoms with van der Waals surface area (Å²) in [7, 11) is 0. The van der Waals surface area contributed by atoms with E-state index < -0.39 is 5.97 Å². The molecule has 0 saturated carbocycles. The monoisotopic (exact) mass is 361 g/mol. The minimum atomic E-state index is -0.945. The predicted molar refractivity (Wildman–Crippen MR) is 101 cm³/mol. The molecule has 27 heavy (non-hydrogen) atoms. The Kier molecular flexibility index (Phi) is 5.89. The van der Waals surface area contributed by atoms with Gasteiger partial charge in [-0.15, -0.1) is 0 Å². The SMILES string of the molecule is O=C(O)Cc1cnc(CC(=O)Nc2ccc(Cc3ccccc3)cc2)nc1. The van der Waals surface area contributed by atoms with E-state index in [1.54, 1.807) is 0 Å². The van der Waals surface area contributed by atoms with Crippen molar-refractivity contribution in [3.63, 3.8) is 0 Å². The molecule has 0 aliphatic rings. The summed E-state index contributed by atoms with van der Waals surface area (Å²) in [6.07, 6.45) is 3.59. The minimum Gasteiger partial charge on any atom is -0.481 e. The number of carboxylic acids is 1. The molecule has 1 heterocycles. The van der Waals surface area contributed by atoms with Gasteiger partial charge in [-0.1, -0.05) is 42.5 Å². The summed E-state index contributed by atoms with van der Waals surface area (Å²) in [6.45, 7) is 0. The Morgan fingerprint density at radius 1 is 0.815 bits per heavy atom. The number of anilines is 1. The number of carboxylic acid groups (broad SMARTS) is 1. The second-order valence-electron chi connectivity index (χ2n) is 6.16. The quantitative estimate of drug-likeness (QED) is 0.675. The van der Waals surface area contributed by atoms with Crippen LogP contribution in [-0.4, -0.2) is 27.0 Å². The van der Waals surface area contributed by atoms with Gasteiger partial charge in [0.15, 0.2) is 0 Å². The van der Waals surface area contributed by atoms with Gasteiger partial charge in [0.05, 0.1) is 12.8 Å².